The normalized spacial score (nSPS) is 14.5. The number of hydrogen-bond acceptors (Lipinski definition) is 4. The molecule has 0 heterocycles. The van der Waals surface area contributed by atoms with Crippen molar-refractivity contribution >= 4 is 27.5 Å². The molecule has 1 aliphatic carbocycles. The first kappa shape index (κ1) is 36.6. The van der Waals surface area contributed by atoms with Gasteiger partial charge in [0.1, 0.15) is 12.6 Å². The van der Waals surface area contributed by atoms with Crippen molar-refractivity contribution in [2.75, 3.05) is 10.8 Å². The summed E-state index contributed by atoms with van der Waals surface area (Å²) in [6.07, 6.45) is 0.0469. The van der Waals surface area contributed by atoms with Crippen molar-refractivity contribution in [1.82, 2.24) is 10.2 Å². The number of carbonyl (C=O) groups excluding carboxylic acids is 2. The first-order chi connectivity index (χ1) is 23.8. The van der Waals surface area contributed by atoms with Gasteiger partial charge in [-0.25, -0.2) is 8.42 Å². The first-order valence-electron chi connectivity index (χ1n) is 16.8. The monoisotopic (exact) mass is 705 g/mol. The van der Waals surface area contributed by atoms with Crippen molar-refractivity contribution in [1.29, 1.82) is 0 Å². The second-order valence-electron chi connectivity index (χ2n) is 12.9. The Labute approximate surface area is 292 Å². The van der Waals surface area contributed by atoms with Crippen molar-refractivity contribution in [2.24, 2.45) is 0 Å². The minimum atomic E-state index is -4.76. The molecule has 0 radical (unpaired) electrons. The molecular formula is C39H42F3N3O4S. The summed E-state index contributed by atoms with van der Waals surface area (Å²) in [5, 5.41) is 3.16. The van der Waals surface area contributed by atoms with Gasteiger partial charge in [-0.2, -0.15) is 13.2 Å². The molecule has 0 unspecified atom stereocenters. The van der Waals surface area contributed by atoms with Crippen LogP contribution in [0.25, 0.3) is 0 Å². The number of nitrogens with one attached hydrogen (secondary N) is 1. The van der Waals surface area contributed by atoms with Gasteiger partial charge in [-0.15, -0.1) is 0 Å². The molecule has 1 atom stereocenters. The third kappa shape index (κ3) is 9.12. The van der Waals surface area contributed by atoms with E-state index in [1.807, 2.05) is 61.5 Å². The average molecular weight is 706 g/mol. The molecule has 264 valence electrons. The predicted molar refractivity (Wildman–Crippen MR) is 188 cm³/mol. The zero-order chi connectivity index (χ0) is 35.9. The molecule has 1 N–H and O–H groups in total. The minimum absolute atomic E-state index is 0.0257. The molecule has 4 aromatic rings. The summed E-state index contributed by atoms with van der Waals surface area (Å²) in [7, 11) is -4.55. The van der Waals surface area contributed by atoms with Crippen molar-refractivity contribution in [2.45, 2.75) is 82.1 Å². The van der Waals surface area contributed by atoms with E-state index in [1.54, 1.807) is 19.1 Å². The van der Waals surface area contributed by atoms with Gasteiger partial charge in [-0.1, -0.05) is 97.6 Å². The summed E-state index contributed by atoms with van der Waals surface area (Å²) in [5.74, 6) is -1.10. The highest BCUT2D eigenvalue weighted by Crippen LogP contribution is 2.34. The van der Waals surface area contributed by atoms with E-state index in [4.69, 9.17) is 0 Å². The van der Waals surface area contributed by atoms with Crippen LogP contribution in [0, 0.1) is 13.8 Å². The molecule has 5 rings (SSSR count). The molecule has 0 bridgehead atoms. The largest absolute Gasteiger partial charge is 0.416 e. The summed E-state index contributed by atoms with van der Waals surface area (Å²) in [6, 6.07) is 25.3. The fraction of sp³-hybridized carbons (Fsp3) is 0.333. The van der Waals surface area contributed by atoms with Crippen LogP contribution in [0.15, 0.2) is 108 Å². The SMILES string of the molecule is Cc1ccc(S(=O)(=O)N(CC(=O)N(Cc2ccccc2C)[C@H](Cc2ccccc2)C(=O)NC2CCCCC2)c2cccc(C(F)(F)F)c2)cc1. The average Bonchev–Trinajstić information content (AvgIpc) is 3.10. The Hall–Kier alpha value is -4.64. The number of benzene rings is 4. The molecule has 7 nitrogen and oxygen atoms in total. The summed E-state index contributed by atoms with van der Waals surface area (Å²) in [6.45, 7) is 2.79. The van der Waals surface area contributed by atoms with Crippen LogP contribution in [-0.2, 0) is 38.8 Å². The Morgan fingerprint density at radius 1 is 0.840 bits per heavy atom. The molecule has 0 spiro atoms. The van der Waals surface area contributed by atoms with E-state index in [0.717, 1.165) is 72.6 Å². The van der Waals surface area contributed by atoms with Crippen molar-refractivity contribution in [3.63, 3.8) is 0 Å². The first-order valence-corrected chi connectivity index (χ1v) is 18.2. The van der Waals surface area contributed by atoms with Gasteiger partial charge >= 0.3 is 6.18 Å². The maximum absolute atomic E-state index is 14.7. The maximum atomic E-state index is 14.7. The van der Waals surface area contributed by atoms with Gasteiger partial charge in [0, 0.05) is 19.0 Å². The zero-order valence-corrected chi connectivity index (χ0v) is 29.0. The third-order valence-corrected chi connectivity index (χ3v) is 11.0. The number of sulfonamides is 1. The number of nitrogens with zero attached hydrogens (tertiary/aromatic N) is 2. The lowest BCUT2D eigenvalue weighted by Crippen LogP contribution is -2.55. The third-order valence-electron chi connectivity index (χ3n) is 9.17. The molecule has 11 heteroatoms. The molecule has 1 fully saturated rings. The fourth-order valence-electron chi connectivity index (χ4n) is 6.27. The zero-order valence-electron chi connectivity index (χ0n) is 28.2. The molecule has 4 aromatic carbocycles. The van der Waals surface area contributed by atoms with Gasteiger partial charge in [-0.3, -0.25) is 13.9 Å². The van der Waals surface area contributed by atoms with Gasteiger partial charge < -0.3 is 10.2 Å². The molecule has 1 saturated carbocycles. The number of hydrogen-bond donors (Lipinski definition) is 1. The van der Waals surface area contributed by atoms with Crippen LogP contribution in [0.1, 0.15) is 59.9 Å². The van der Waals surface area contributed by atoms with Crippen molar-refractivity contribution in [3.05, 3.63) is 131 Å². The number of amides is 2. The van der Waals surface area contributed by atoms with Crippen LogP contribution in [-0.4, -0.2) is 43.8 Å². The van der Waals surface area contributed by atoms with Crippen LogP contribution in [0.3, 0.4) is 0 Å². The van der Waals surface area contributed by atoms with Crippen molar-refractivity contribution < 1.29 is 31.2 Å². The predicted octanol–water partition coefficient (Wildman–Crippen LogP) is 7.61. The summed E-state index contributed by atoms with van der Waals surface area (Å²) in [5.41, 5.74) is 1.80. The number of anilines is 1. The van der Waals surface area contributed by atoms with E-state index in [2.05, 4.69) is 5.32 Å². The van der Waals surface area contributed by atoms with E-state index < -0.39 is 40.3 Å². The number of alkyl halides is 3. The van der Waals surface area contributed by atoms with Crippen LogP contribution in [0.5, 0.6) is 0 Å². The lowest BCUT2D eigenvalue weighted by atomic mass is 9.94. The van der Waals surface area contributed by atoms with Gasteiger partial charge in [-0.05, 0) is 73.7 Å². The lowest BCUT2D eigenvalue weighted by molar-refractivity contribution is -0.140. The Balaban J connectivity index is 1.60. The van der Waals surface area contributed by atoms with E-state index >= 15 is 0 Å². The lowest BCUT2D eigenvalue weighted by Gasteiger charge is -2.35. The number of aryl methyl sites for hydroxylation is 2. The summed E-state index contributed by atoms with van der Waals surface area (Å²) in [4.78, 5) is 30.1. The van der Waals surface area contributed by atoms with E-state index in [9.17, 15) is 31.2 Å². The number of rotatable bonds is 12. The Kier molecular flexibility index (Phi) is 11.7. The smallest absolute Gasteiger partial charge is 0.352 e. The second-order valence-corrected chi connectivity index (χ2v) is 14.7. The van der Waals surface area contributed by atoms with Crippen molar-refractivity contribution in [3.8, 4) is 0 Å². The molecule has 1 aliphatic rings. The van der Waals surface area contributed by atoms with Crippen LogP contribution >= 0.6 is 0 Å². The van der Waals surface area contributed by atoms with Crippen LogP contribution in [0.4, 0.5) is 18.9 Å². The quantitative estimate of drug-likeness (QED) is 0.165. The van der Waals surface area contributed by atoms with Gasteiger partial charge in [0.15, 0.2) is 0 Å². The summed E-state index contributed by atoms with van der Waals surface area (Å²) < 4.78 is 70.8. The molecule has 0 aromatic heterocycles. The number of halogens is 3. The molecular weight excluding hydrogens is 664 g/mol. The highest BCUT2D eigenvalue weighted by Gasteiger charge is 2.37. The van der Waals surface area contributed by atoms with E-state index in [1.165, 1.54) is 23.1 Å². The number of carbonyl (C=O) groups is 2. The highest BCUT2D eigenvalue weighted by molar-refractivity contribution is 7.92. The van der Waals surface area contributed by atoms with E-state index in [0.29, 0.717) is 4.31 Å². The second kappa shape index (κ2) is 15.9. The Morgan fingerprint density at radius 2 is 1.50 bits per heavy atom. The van der Waals surface area contributed by atoms with Gasteiger partial charge in [0.2, 0.25) is 11.8 Å². The van der Waals surface area contributed by atoms with Crippen LogP contribution < -0.4 is 9.62 Å². The summed E-state index contributed by atoms with van der Waals surface area (Å²) >= 11 is 0. The molecule has 0 aliphatic heterocycles. The Bertz CT molecular complexity index is 1880. The van der Waals surface area contributed by atoms with Gasteiger partial charge in [0.25, 0.3) is 10.0 Å². The van der Waals surface area contributed by atoms with Crippen LogP contribution in [0.2, 0.25) is 0 Å². The standard InChI is InChI=1S/C39H42F3N3O4S/c1-28-20-22-35(23-21-28)50(48,49)45(34-19-11-16-32(25-34)39(40,41)42)27-37(46)44(26-31-15-10-9-12-29(31)2)36(24-30-13-5-3-6-14-30)38(47)43-33-17-7-4-8-18-33/h3,5-6,9-16,19-23,25,33,36H,4,7-8,17-18,24,26-27H2,1-2H3,(H,43,47)/t36-/m1/s1. The van der Waals surface area contributed by atoms with E-state index in [-0.39, 0.29) is 35.5 Å². The molecule has 50 heavy (non-hydrogen) atoms. The topological polar surface area (TPSA) is 86.8 Å². The highest BCUT2D eigenvalue weighted by atomic mass is 32.2. The maximum Gasteiger partial charge on any atom is 0.416 e. The minimum Gasteiger partial charge on any atom is -0.352 e. The Morgan fingerprint density at radius 3 is 2.16 bits per heavy atom. The van der Waals surface area contributed by atoms with Gasteiger partial charge in [0.05, 0.1) is 16.1 Å². The molecule has 2 amide bonds. The fourth-order valence-corrected chi connectivity index (χ4v) is 7.68. The molecule has 0 saturated heterocycles.